The Balaban J connectivity index is 1.79. The highest BCUT2D eigenvalue weighted by Crippen LogP contribution is 2.59. The Morgan fingerprint density at radius 3 is 2.41 bits per heavy atom. The van der Waals surface area contributed by atoms with Crippen LogP contribution in [0.1, 0.15) is 55.8 Å². The molecule has 8 heteroatoms. The maximum absolute atomic E-state index is 14.7. The van der Waals surface area contributed by atoms with Crippen LogP contribution in [0.3, 0.4) is 0 Å². The van der Waals surface area contributed by atoms with Crippen molar-refractivity contribution in [2.75, 3.05) is 11.9 Å². The molecule has 1 fully saturated rings. The van der Waals surface area contributed by atoms with E-state index < -0.39 is 22.8 Å². The molecule has 3 aromatic rings. The van der Waals surface area contributed by atoms with Gasteiger partial charge in [0.05, 0.1) is 6.04 Å². The number of nitrogens with one attached hydrogen (secondary N) is 2. The van der Waals surface area contributed by atoms with E-state index in [9.17, 15) is 14.0 Å². The third kappa shape index (κ3) is 4.47. The molecule has 1 spiro atoms. The molecule has 3 unspecified atom stereocenters. The molecule has 3 aromatic carbocycles. The summed E-state index contributed by atoms with van der Waals surface area (Å²) in [7, 11) is 0. The lowest BCUT2D eigenvalue weighted by Crippen LogP contribution is -2.60. The van der Waals surface area contributed by atoms with Crippen LogP contribution in [0.4, 0.5) is 14.9 Å². The van der Waals surface area contributed by atoms with Gasteiger partial charge in [0.25, 0.3) is 0 Å². The van der Waals surface area contributed by atoms with Crippen molar-refractivity contribution in [2.24, 2.45) is 0 Å². The third-order valence-electron chi connectivity index (χ3n) is 7.18. The number of hydrogen-bond acceptors (Lipinski definition) is 2. The van der Waals surface area contributed by atoms with Gasteiger partial charge in [-0.2, -0.15) is 0 Å². The molecule has 192 valence electrons. The molecule has 0 aliphatic carbocycles. The van der Waals surface area contributed by atoms with Crippen molar-refractivity contribution in [1.29, 1.82) is 0 Å². The van der Waals surface area contributed by atoms with Crippen LogP contribution in [0.2, 0.25) is 10.0 Å². The molecule has 37 heavy (non-hydrogen) atoms. The van der Waals surface area contributed by atoms with Gasteiger partial charge < -0.3 is 15.5 Å². The fraction of sp³-hybridized carbons (Fsp3) is 0.310. The summed E-state index contributed by atoms with van der Waals surface area (Å²) in [5.74, 6) is -1.02. The van der Waals surface area contributed by atoms with E-state index in [0.717, 1.165) is 11.1 Å². The van der Waals surface area contributed by atoms with E-state index in [1.54, 1.807) is 41.3 Å². The lowest BCUT2D eigenvalue weighted by atomic mass is 9.59. The Labute approximate surface area is 226 Å². The second-order valence-electron chi connectivity index (χ2n) is 10.7. The average Bonchev–Trinajstić information content (AvgIpc) is 3.09. The maximum atomic E-state index is 14.7. The summed E-state index contributed by atoms with van der Waals surface area (Å²) in [6.45, 7) is 6.07. The molecule has 0 bridgehead atoms. The van der Waals surface area contributed by atoms with Crippen molar-refractivity contribution >= 4 is 40.8 Å². The van der Waals surface area contributed by atoms with E-state index in [2.05, 4.69) is 10.6 Å². The Bertz CT molecular complexity index is 1370. The summed E-state index contributed by atoms with van der Waals surface area (Å²) in [4.78, 5) is 29.7. The zero-order valence-electron chi connectivity index (χ0n) is 20.8. The molecule has 0 radical (unpaired) electrons. The van der Waals surface area contributed by atoms with Crippen LogP contribution in [-0.2, 0) is 10.2 Å². The zero-order valence-corrected chi connectivity index (χ0v) is 22.3. The number of likely N-dealkylation sites (tertiary alicyclic amines) is 1. The average molecular weight is 540 g/mol. The lowest BCUT2D eigenvalue weighted by Gasteiger charge is -2.52. The van der Waals surface area contributed by atoms with Crippen LogP contribution < -0.4 is 10.6 Å². The number of urea groups is 1. The number of halogens is 3. The quantitative estimate of drug-likeness (QED) is 0.366. The topological polar surface area (TPSA) is 61.4 Å². The van der Waals surface area contributed by atoms with Crippen LogP contribution in [0.15, 0.2) is 66.7 Å². The Hall–Kier alpha value is -3.09. The second-order valence-corrected chi connectivity index (χ2v) is 11.6. The molecule has 5 nitrogen and oxygen atoms in total. The molecule has 1 saturated heterocycles. The monoisotopic (exact) mass is 539 g/mol. The molecule has 0 aromatic heterocycles. The van der Waals surface area contributed by atoms with Crippen LogP contribution in [0.5, 0.6) is 0 Å². The number of amides is 3. The minimum atomic E-state index is -1.24. The van der Waals surface area contributed by atoms with E-state index >= 15 is 0 Å². The minimum Gasteiger partial charge on any atom is -0.333 e. The zero-order chi connectivity index (χ0) is 26.5. The Morgan fingerprint density at radius 2 is 1.73 bits per heavy atom. The SMILES string of the molecule is CC(C)(C)NC(=O)N1CCC(c2ccc(Cl)cc2)C2(C(=O)Nc3cc(Cl)ccc32)C1c1cccc(F)c1. The van der Waals surface area contributed by atoms with Crippen molar-refractivity contribution in [3.8, 4) is 0 Å². The lowest BCUT2D eigenvalue weighted by molar-refractivity contribution is -0.126. The molecule has 2 N–H and O–H groups in total. The Kier molecular flexibility index (Phi) is 6.45. The summed E-state index contributed by atoms with van der Waals surface area (Å²) in [5.41, 5.74) is 1.03. The van der Waals surface area contributed by atoms with Gasteiger partial charge in [-0.05, 0) is 80.3 Å². The number of hydrogen-bond donors (Lipinski definition) is 2. The second kappa shape index (κ2) is 9.34. The fourth-order valence-electron chi connectivity index (χ4n) is 5.86. The number of piperidine rings is 1. The number of carbonyl (C=O) groups excluding carboxylic acids is 2. The number of nitrogens with zero attached hydrogens (tertiary/aromatic N) is 1. The van der Waals surface area contributed by atoms with Gasteiger partial charge in [-0.15, -0.1) is 0 Å². The number of carbonyl (C=O) groups is 2. The van der Waals surface area contributed by atoms with Gasteiger partial charge in [-0.25, -0.2) is 9.18 Å². The molecule has 2 heterocycles. The first-order valence-electron chi connectivity index (χ1n) is 12.2. The van der Waals surface area contributed by atoms with Gasteiger partial charge in [-0.1, -0.05) is 53.5 Å². The van der Waals surface area contributed by atoms with Crippen LogP contribution >= 0.6 is 23.2 Å². The summed E-state index contributed by atoms with van der Waals surface area (Å²) in [6.07, 6.45) is 0.514. The van der Waals surface area contributed by atoms with Crippen molar-refractivity contribution in [2.45, 2.75) is 50.1 Å². The predicted octanol–water partition coefficient (Wildman–Crippen LogP) is 7.06. The fourth-order valence-corrected chi connectivity index (χ4v) is 6.16. The molecular weight excluding hydrogens is 512 g/mol. The molecule has 5 rings (SSSR count). The normalized spacial score (nSPS) is 23.1. The highest BCUT2D eigenvalue weighted by atomic mass is 35.5. The van der Waals surface area contributed by atoms with E-state index in [-0.39, 0.29) is 17.9 Å². The number of benzene rings is 3. The highest BCUT2D eigenvalue weighted by Gasteiger charge is 2.62. The van der Waals surface area contributed by atoms with Crippen molar-refractivity contribution in [3.63, 3.8) is 0 Å². The molecule has 0 saturated carbocycles. The summed E-state index contributed by atoms with van der Waals surface area (Å²) < 4.78 is 14.7. The first kappa shape index (κ1) is 25.6. The number of fused-ring (bicyclic) bond motifs is 2. The van der Waals surface area contributed by atoms with E-state index in [4.69, 9.17) is 23.2 Å². The van der Waals surface area contributed by atoms with Crippen molar-refractivity contribution < 1.29 is 14.0 Å². The number of anilines is 1. The van der Waals surface area contributed by atoms with Crippen LogP contribution in [0.25, 0.3) is 0 Å². The summed E-state index contributed by atoms with van der Waals surface area (Å²) in [6, 6.07) is 17.8. The number of rotatable bonds is 2. The predicted molar refractivity (Wildman–Crippen MR) is 145 cm³/mol. The molecular formula is C29H28Cl2FN3O2. The maximum Gasteiger partial charge on any atom is 0.318 e. The first-order valence-corrected chi connectivity index (χ1v) is 13.0. The first-order chi connectivity index (χ1) is 17.5. The van der Waals surface area contributed by atoms with E-state index in [1.165, 1.54) is 12.1 Å². The van der Waals surface area contributed by atoms with Gasteiger partial charge in [0.1, 0.15) is 11.2 Å². The van der Waals surface area contributed by atoms with Crippen molar-refractivity contribution in [1.82, 2.24) is 10.2 Å². The molecule has 3 amide bonds. The molecule has 3 atom stereocenters. The minimum absolute atomic E-state index is 0.257. The van der Waals surface area contributed by atoms with Gasteiger partial charge in [0.2, 0.25) is 5.91 Å². The largest absolute Gasteiger partial charge is 0.333 e. The standard InChI is InChI=1S/C29H28Cl2FN3O2/c1-28(2,3)34-27(37)35-14-13-22(17-7-9-19(30)10-8-17)29(25(35)18-5-4-6-21(32)15-18)23-12-11-20(31)16-24(23)33-26(29)36/h4-12,15-16,22,25H,13-14H2,1-3H3,(H,33,36)(H,34,37). The van der Waals surface area contributed by atoms with E-state index in [0.29, 0.717) is 34.3 Å². The summed E-state index contributed by atoms with van der Waals surface area (Å²) in [5, 5.41) is 7.15. The highest BCUT2D eigenvalue weighted by molar-refractivity contribution is 6.31. The molecule has 2 aliphatic rings. The van der Waals surface area contributed by atoms with Gasteiger partial charge in [-0.3, -0.25) is 4.79 Å². The van der Waals surface area contributed by atoms with Gasteiger partial charge >= 0.3 is 6.03 Å². The Morgan fingerprint density at radius 1 is 1.03 bits per heavy atom. The third-order valence-corrected chi connectivity index (χ3v) is 7.67. The molecule has 2 aliphatic heterocycles. The van der Waals surface area contributed by atoms with E-state index in [1.807, 2.05) is 39.0 Å². The smallest absolute Gasteiger partial charge is 0.318 e. The van der Waals surface area contributed by atoms with Crippen molar-refractivity contribution in [3.05, 3.63) is 99.3 Å². The van der Waals surface area contributed by atoms with Gasteiger partial charge in [0, 0.05) is 33.7 Å². The van der Waals surface area contributed by atoms with Crippen LogP contribution in [-0.4, -0.2) is 28.9 Å². The van der Waals surface area contributed by atoms with Gasteiger partial charge in [0.15, 0.2) is 0 Å². The summed E-state index contributed by atoms with van der Waals surface area (Å²) >= 11 is 12.5. The van der Waals surface area contributed by atoms with Crippen LogP contribution in [0, 0.1) is 5.82 Å².